The van der Waals surface area contributed by atoms with E-state index in [1.807, 2.05) is 18.2 Å². The van der Waals surface area contributed by atoms with E-state index >= 15 is 0 Å². The molecule has 4 rings (SSSR count). The summed E-state index contributed by atoms with van der Waals surface area (Å²) < 4.78 is 0. The van der Waals surface area contributed by atoms with Crippen LogP contribution in [0.5, 0.6) is 0 Å². The number of anilines is 1. The van der Waals surface area contributed by atoms with Crippen molar-refractivity contribution >= 4 is 29.9 Å². The molecule has 1 aromatic rings. The number of benzene rings is 1. The molecule has 8 heteroatoms. The highest BCUT2D eigenvalue weighted by Crippen LogP contribution is 2.38. The zero-order valence-electron chi connectivity index (χ0n) is 17.1. The van der Waals surface area contributed by atoms with Gasteiger partial charge in [-0.1, -0.05) is 31.0 Å². The van der Waals surface area contributed by atoms with E-state index in [9.17, 15) is 14.4 Å². The summed E-state index contributed by atoms with van der Waals surface area (Å²) in [4.78, 5) is 46.4. The fourth-order valence-electron chi connectivity index (χ4n) is 4.68. The van der Waals surface area contributed by atoms with Crippen molar-refractivity contribution in [2.45, 2.75) is 50.2 Å². The Hall–Kier alpha value is -2.90. The summed E-state index contributed by atoms with van der Waals surface area (Å²) in [5.41, 5.74) is 1.00. The van der Waals surface area contributed by atoms with Gasteiger partial charge in [-0.3, -0.25) is 14.5 Å². The molecule has 154 valence electrons. The zero-order valence-corrected chi connectivity index (χ0v) is 17.1. The number of nitrogens with zero attached hydrogens (tertiary/aromatic N) is 4. The molecule has 29 heavy (non-hydrogen) atoms. The van der Waals surface area contributed by atoms with Crippen LogP contribution in [0.4, 0.5) is 10.5 Å². The third-order valence-electron chi connectivity index (χ3n) is 6.49. The Labute approximate surface area is 170 Å². The molecule has 2 fully saturated rings. The standard InChI is InChI=1S/C21H27N5O3/c1-21-18(19(28)24(2)20(29)25(21)3)26(13-22-21)12-17(27)23-16-11-7-6-10-15(16)14-8-4-5-9-14/h6-7,10-11,13-14,18H,4-5,8-9,12H2,1-3H3,(H,23,27). The molecule has 1 saturated carbocycles. The van der Waals surface area contributed by atoms with Crippen molar-refractivity contribution in [2.75, 3.05) is 26.0 Å². The Morgan fingerprint density at radius 2 is 1.90 bits per heavy atom. The van der Waals surface area contributed by atoms with Crippen molar-refractivity contribution in [2.24, 2.45) is 4.99 Å². The summed E-state index contributed by atoms with van der Waals surface area (Å²) in [5, 5.41) is 3.02. The topological polar surface area (TPSA) is 85.3 Å². The monoisotopic (exact) mass is 397 g/mol. The molecule has 2 atom stereocenters. The Balaban J connectivity index is 1.49. The molecule has 0 spiro atoms. The highest BCUT2D eigenvalue weighted by molar-refractivity contribution is 6.03. The number of aliphatic imine (C=N–C) groups is 1. The Bertz CT molecular complexity index is 879. The van der Waals surface area contributed by atoms with Crippen LogP contribution in [0.1, 0.15) is 44.1 Å². The van der Waals surface area contributed by atoms with Crippen molar-refractivity contribution in [1.82, 2.24) is 14.7 Å². The minimum atomic E-state index is -1.01. The number of amides is 4. The second-order valence-electron chi connectivity index (χ2n) is 8.27. The normalized spacial score (nSPS) is 27.0. The fraction of sp³-hybridized carbons (Fsp3) is 0.524. The number of carbonyl (C=O) groups excluding carboxylic acids is 3. The van der Waals surface area contributed by atoms with Crippen molar-refractivity contribution < 1.29 is 14.4 Å². The molecule has 2 unspecified atom stereocenters. The van der Waals surface area contributed by atoms with Gasteiger partial charge in [0, 0.05) is 19.8 Å². The van der Waals surface area contributed by atoms with Crippen LogP contribution in [-0.4, -0.2) is 71.2 Å². The first-order chi connectivity index (χ1) is 13.8. The van der Waals surface area contributed by atoms with E-state index in [4.69, 9.17) is 0 Å². The summed E-state index contributed by atoms with van der Waals surface area (Å²) >= 11 is 0. The molecule has 8 nitrogen and oxygen atoms in total. The molecule has 1 saturated heterocycles. The van der Waals surface area contributed by atoms with Crippen LogP contribution >= 0.6 is 0 Å². The van der Waals surface area contributed by atoms with Crippen LogP contribution < -0.4 is 5.32 Å². The van der Waals surface area contributed by atoms with Gasteiger partial charge in [0.2, 0.25) is 5.91 Å². The SMILES string of the molecule is CN1C(=O)C2N(CC(=O)Nc3ccccc3C3CCCC3)C=NC2(C)N(C)C1=O. The molecular weight excluding hydrogens is 370 g/mol. The lowest BCUT2D eigenvalue weighted by Crippen LogP contribution is -2.69. The van der Waals surface area contributed by atoms with E-state index in [2.05, 4.69) is 16.4 Å². The van der Waals surface area contributed by atoms with E-state index in [-0.39, 0.29) is 18.4 Å². The van der Waals surface area contributed by atoms with E-state index < -0.39 is 17.7 Å². The van der Waals surface area contributed by atoms with Crippen LogP contribution in [0.3, 0.4) is 0 Å². The number of para-hydroxylation sites is 1. The van der Waals surface area contributed by atoms with Crippen molar-refractivity contribution in [3.63, 3.8) is 0 Å². The highest BCUT2D eigenvalue weighted by atomic mass is 16.2. The molecule has 0 radical (unpaired) electrons. The maximum absolute atomic E-state index is 12.8. The van der Waals surface area contributed by atoms with Crippen LogP contribution in [0.25, 0.3) is 0 Å². The Morgan fingerprint density at radius 3 is 2.62 bits per heavy atom. The summed E-state index contributed by atoms with van der Waals surface area (Å²) in [7, 11) is 3.08. The number of fused-ring (bicyclic) bond motifs is 1. The number of imide groups is 1. The van der Waals surface area contributed by atoms with Gasteiger partial charge in [-0.15, -0.1) is 0 Å². The van der Waals surface area contributed by atoms with E-state index in [0.29, 0.717) is 5.92 Å². The average molecular weight is 397 g/mol. The largest absolute Gasteiger partial charge is 0.338 e. The smallest absolute Gasteiger partial charge is 0.328 e. The van der Waals surface area contributed by atoms with Gasteiger partial charge in [-0.05, 0) is 37.3 Å². The van der Waals surface area contributed by atoms with Crippen LogP contribution in [0.2, 0.25) is 0 Å². The van der Waals surface area contributed by atoms with Crippen LogP contribution in [0, 0.1) is 0 Å². The lowest BCUT2D eigenvalue weighted by Gasteiger charge is -2.46. The molecule has 1 N–H and O–H groups in total. The third-order valence-corrected chi connectivity index (χ3v) is 6.49. The minimum absolute atomic E-state index is 0.00956. The molecule has 1 aromatic carbocycles. The number of carbonyl (C=O) groups is 3. The number of likely N-dealkylation sites (N-methyl/N-ethyl adjacent to an activating group) is 2. The molecule has 3 aliphatic rings. The molecule has 1 aliphatic carbocycles. The molecule has 0 aromatic heterocycles. The second-order valence-corrected chi connectivity index (χ2v) is 8.27. The molecule has 4 amide bonds. The predicted octanol–water partition coefficient (Wildman–Crippen LogP) is 2.24. The van der Waals surface area contributed by atoms with E-state index in [1.165, 1.54) is 36.7 Å². The maximum atomic E-state index is 12.8. The summed E-state index contributed by atoms with van der Waals surface area (Å²) in [6, 6.07) is 6.82. The van der Waals surface area contributed by atoms with Gasteiger partial charge in [-0.2, -0.15) is 0 Å². The summed E-state index contributed by atoms with van der Waals surface area (Å²) in [6.45, 7) is 1.73. The van der Waals surface area contributed by atoms with Crippen molar-refractivity contribution in [3.05, 3.63) is 29.8 Å². The van der Waals surface area contributed by atoms with Gasteiger partial charge in [0.15, 0.2) is 11.7 Å². The zero-order chi connectivity index (χ0) is 20.8. The molecule has 2 heterocycles. The molecule has 0 bridgehead atoms. The second kappa shape index (κ2) is 7.17. The predicted molar refractivity (Wildman–Crippen MR) is 110 cm³/mol. The van der Waals surface area contributed by atoms with Gasteiger partial charge in [0.05, 0.1) is 12.9 Å². The minimum Gasteiger partial charge on any atom is -0.338 e. The summed E-state index contributed by atoms with van der Waals surface area (Å²) in [6.07, 6.45) is 6.24. The fourth-order valence-corrected chi connectivity index (χ4v) is 4.68. The van der Waals surface area contributed by atoms with Crippen LogP contribution in [0.15, 0.2) is 29.3 Å². The Kier molecular flexibility index (Phi) is 4.80. The number of hydrogen-bond acceptors (Lipinski definition) is 5. The average Bonchev–Trinajstić information content (AvgIpc) is 3.34. The van der Waals surface area contributed by atoms with Gasteiger partial charge >= 0.3 is 6.03 Å². The third kappa shape index (κ3) is 3.16. The first-order valence-electron chi connectivity index (χ1n) is 10.1. The maximum Gasteiger partial charge on any atom is 0.328 e. The number of hydrogen-bond donors (Lipinski definition) is 1. The van der Waals surface area contributed by atoms with Gasteiger partial charge in [-0.25, -0.2) is 9.79 Å². The molecular formula is C21H27N5O3. The number of nitrogens with one attached hydrogen (secondary N) is 1. The highest BCUT2D eigenvalue weighted by Gasteiger charge is 2.56. The Morgan fingerprint density at radius 1 is 1.21 bits per heavy atom. The quantitative estimate of drug-likeness (QED) is 0.844. The molecule has 2 aliphatic heterocycles. The first-order valence-corrected chi connectivity index (χ1v) is 10.1. The van der Waals surface area contributed by atoms with Crippen molar-refractivity contribution in [3.8, 4) is 0 Å². The number of urea groups is 1. The van der Waals surface area contributed by atoms with Gasteiger partial charge < -0.3 is 15.1 Å². The number of rotatable bonds is 4. The lowest BCUT2D eigenvalue weighted by atomic mass is 9.96. The van der Waals surface area contributed by atoms with Crippen LogP contribution in [-0.2, 0) is 9.59 Å². The first kappa shape index (κ1) is 19.4. The summed E-state index contributed by atoms with van der Waals surface area (Å²) in [5.74, 6) is -0.0789. The lowest BCUT2D eigenvalue weighted by molar-refractivity contribution is -0.139. The van der Waals surface area contributed by atoms with Gasteiger partial charge in [0.1, 0.15) is 0 Å². The van der Waals surface area contributed by atoms with E-state index in [0.717, 1.165) is 23.4 Å². The van der Waals surface area contributed by atoms with E-state index in [1.54, 1.807) is 18.9 Å². The van der Waals surface area contributed by atoms with Gasteiger partial charge in [0.25, 0.3) is 5.91 Å². The van der Waals surface area contributed by atoms with Crippen molar-refractivity contribution in [1.29, 1.82) is 0 Å².